The fourth-order valence-corrected chi connectivity index (χ4v) is 3.87. The zero-order chi connectivity index (χ0) is 24.2. The number of anilines is 1. The Kier molecular flexibility index (Phi) is 7.71. The number of unbranched alkanes of at least 4 members (excludes halogenated alkanes) is 1. The van der Waals surface area contributed by atoms with Gasteiger partial charge in [-0.25, -0.2) is 0 Å². The van der Waals surface area contributed by atoms with Crippen LogP contribution in [0, 0.1) is 0 Å². The molecule has 1 heterocycles. The third-order valence-electron chi connectivity index (χ3n) is 6.51. The van der Waals surface area contributed by atoms with Gasteiger partial charge in [-0.1, -0.05) is 62.4 Å². The molecule has 3 nitrogen and oxygen atoms in total. The van der Waals surface area contributed by atoms with Gasteiger partial charge in [0.1, 0.15) is 0 Å². The van der Waals surface area contributed by atoms with Gasteiger partial charge in [-0.15, -0.1) is 0 Å². The molecule has 1 aliphatic heterocycles. The van der Waals surface area contributed by atoms with E-state index >= 15 is 0 Å². The number of hydrogen-bond acceptors (Lipinski definition) is 3. The molecule has 174 valence electrons. The number of nitrogens with zero attached hydrogens (tertiary/aromatic N) is 1. The first-order chi connectivity index (χ1) is 15.6. The van der Waals surface area contributed by atoms with E-state index in [0.29, 0.717) is 0 Å². The number of rotatable bonds is 8. The lowest BCUT2D eigenvalue weighted by Crippen LogP contribution is -2.41. The van der Waals surface area contributed by atoms with Gasteiger partial charge < -0.3 is 14.2 Å². The minimum absolute atomic E-state index is 0.344. The van der Waals surface area contributed by atoms with E-state index in [1.165, 1.54) is 10.8 Å². The Labute approximate surface area is 200 Å². The summed E-state index contributed by atoms with van der Waals surface area (Å²) in [6.07, 6.45) is 12.8. The van der Waals surface area contributed by atoms with E-state index < -0.39 is 0 Å². The van der Waals surface area contributed by atoms with Gasteiger partial charge in [-0.2, -0.15) is 0 Å². The quantitative estimate of drug-likeness (QED) is 0.316. The van der Waals surface area contributed by atoms with E-state index in [9.17, 15) is 0 Å². The maximum absolute atomic E-state index is 6.24. The summed E-state index contributed by atoms with van der Waals surface area (Å²) >= 11 is 0. The molecule has 1 aliphatic rings. The Morgan fingerprint density at radius 1 is 1.03 bits per heavy atom. The Balaban J connectivity index is 1.87. The van der Waals surface area contributed by atoms with Gasteiger partial charge in [-0.3, -0.25) is 0 Å². The predicted octanol–water partition coefficient (Wildman–Crippen LogP) is 7.30. The predicted molar refractivity (Wildman–Crippen MR) is 144 cm³/mol. The molecule has 0 atom stereocenters. The fourth-order valence-electron chi connectivity index (χ4n) is 3.87. The summed E-state index contributed by atoms with van der Waals surface area (Å²) in [6, 6.07) is 13.0. The second-order valence-electron chi connectivity index (χ2n) is 9.78. The molecule has 0 radical (unpaired) electrons. The normalized spacial score (nSPS) is 18.0. The van der Waals surface area contributed by atoms with Crippen molar-refractivity contribution in [2.75, 3.05) is 4.90 Å². The van der Waals surface area contributed by atoms with Crippen LogP contribution in [0.15, 0.2) is 84.8 Å². The maximum atomic E-state index is 6.24. The lowest BCUT2D eigenvalue weighted by atomic mass is 9.78. The van der Waals surface area contributed by atoms with Crippen molar-refractivity contribution in [1.29, 1.82) is 0 Å². The van der Waals surface area contributed by atoms with E-state index in [-0.39, 0.29) is 18.3 Å². The van der Waals surface area contributed by atoms with Gasteiger partial charge >= 0.3 is 7.12 Å². The second kappa shape index (κ2) is 10.2. The molecule has 0 spiro atoms. The lowest BCUT2D eigenvalue weighted by molar-refractivity contribution is 0.00578. The third kappa shape index (κ3) is 5.69. The summed E-state index contributed by atoms with van der Waals surface area (Å²) in [6.45, 7) is 18.8. The zero-order valence-electron chi connectivity index (χ0n) is 21.3. The van der Waals surface area contributed by atoms with Gasteiger partial charge in [0.25, 0.3) is 0 Å². The minimum Gasteiger partial charge on any atom is -0.399 e. The molecule has 0 aromatic heterocycles. The van der Waals surface area contributed by atoms with Crippen LogP contribution in [0.2, 0.25) is 0 Å². The SMILES string of the molecule is C=C(/C=C(/C)N(/C=C/C)c1ccc2cc(B3OC(C)(C)C(C)(C)O3)ccc2c1)/C=C/CCC. The van der Waals surface area contributed by atoms with Crippen LogP contribution in [0.25, 0.3) is 10.8 Å². The Bertz CT molecular complexity index is 1080. The van der Waals surface area contributed by atoms with E-state index in [4.69, 9.17) is 9.31 Å². The zero-order valence-corrected chi connectivity index (χ0v) is 21.3. The molecule has 2 aromatic rings. The molecule has 2 aromatic carbocycles. The summed E-state index contributed by atoms with van der Waals surface area (Å²) < 4.78 is 12.5. The molecule has 0 unspecified atom stereocenters. The van der Waals surface area contributed by atoms with E-state index in [1.807, 2.05) is 6.92 Å². The molecule has 0 saturated carbocycles. The van der Waals surface area contributed by atoms with Crippen molar-refractivity contribution in [3.8, 4) is 0 Å². The van der Waals surface area contributed by atoms with Crippen molar-refractivity contribution in [2.45, 2.75) is 72.5 Å². The van der Waals surface area contributed by atoms with Crippen LogP contribution in [0.1, 0.15) is 61.3 Å². The first kappa shape index (κ1) is 25.1. The van der Waals surface area contributed by atoms with Crippen molar-refractivity contribution in [2.24, 2.45) is 0 Å². The van der Waals surface area contributed by atoms with Gasteiger partial charge in [0.15, 0.2) is 0 Å². The standard InChI is InChI=1S/C29H38BNO2/c1-9-11-12-13-22(3)19-23(4)31(18-10-2)27-17-15-24-20-26(16-14-25(24)21-27)30-32-28(5,6)29(7,8)33-30/h10,12-21H,3,9,11H2,1-2,4-8H3/b13-12+,18-10+,23-19-. The highest BCUT2D eigenvalue weighted by Gasteiger charge is 2.51. The summed E-state index contributed by atoms with van der Waals surface area (Å²) in [7, 11) is -0.351. The minimum atomic E-state index is -0.351. The molecule has 0 amide bonds. The van der Waals surface area contributed by atoms with E-state index in [2.05, 4.69) is 120 Å². The van der Waals surface area contributed by atoms with Crippen molar-refractivity contribution in [1.82, 2.24) is 0 Å². The average molecular weight is 443 g/mol. The maximum Gasteiger partial charge on any atom is 0.494 e. The van der Waals surface area contributed by atoms with Crippen LogP contribution < -0.4 is 10.4 Å². The van der Waals surface area contributed by atoms with Crippen LogP contribution in [0.4, 0.5) is 5.69 Å². The Morgan fingerprint density at radius 2 is 1.67 bits per heavy atom. The largest absolute Gasteiger partial charge is 0.494 e. The van der Waals surface area contributed by atoms with Gasteiger partial charge in [0, 0.05) is 17.6 Å². The number of fused-ring (bicyclic) bond motifs is 1. The van der Waals surface area contributed by atoms with Gasteiger partial charge in [-0.05, 0) is 88.0 Å². The summed E-state index contributed by atoms with van der Waals surface area (Å²) in [5, 5.41) is 2.34. The highest BCUT2D eigenvalue weighted by molar-refractivity contribution is 6.62. The monoisotopic (exact) mass is 443 g/mol. The van der Waals surface area contributed by atoms with Gasteiger partial charge in [0.2, 0.25) is 0 Å². The number of benzene rings is 2. The molecule has 0 bridgehead atoms. The molecule has 4 heteroatoms. The first-order valence-electron chi connectivity index (χ1n) is 11.9. The lowest BCUT2D eigenvalue weighted by Gasteiger charge is -2.32. The van der Waals surface area contributed by atoms with Crippen molar-refractivity contribution in [3.63, 3.8) is 0 Å². The molecular weight excluding hydrogens is 405 g/mol. The molecular formula is C29H38BNO2. The number of allylic oxidation sites excluding steroid dienone is 6. The van der Waals surface area contributed by atoms with Crippen LogP contribution in [0.5, 0.6) is 0 Å². The molecule has 0 aliphatic carbocycles. The molecule has 33 heavy (non-hydrogen) atoms. The van der Waals surface area contributed by atoms with E-state index in [1.54, 1.807) is 0 Å². The summed E-state index contributed by atoms with van der Waals surface area (Å²) in [5.41, 5.74) is 3.59. The van der Waals surface area contributed by atoms with Crippen LogP contribution in [-0.4, -0.2) is 18.3 Å². The summed E-state index contributed by atoms with van der Waals surface area (Å²) in [5.74, 6) is 0. The molecule has 1 fully saturated rings. The van der Waals surface area contributed by atoms with Crippen LogP contribution >= 0.6 is 0 Å². The van der Waals surface area contributed by atoms with Crippen molar-refractivity contribution < 1.29 is 9.31 Å². The highest BCUT2D eigenvalue weighted by Crippen LogP contribution is 2.36. The van der Waals surface area contributed by atoms with Crippen LogP contribution in [0.3, 0.4) is 0 Å². The van der Waals surface area contributed by atoms with Crippen LogP contribution in [-0.2, 0) is 9.31 Å². The molecule has 0 N–H and O–H groups in total. The fraction of sp³-hybridized carbons (Fsp3) is 0.379. The second-order valence-corrected chi connectivity index (χ2v) is 9.78. The summed E-state index contributed by atoms with van der Waals surface area (Å²) in [4.78, 5) is 2.19. The average Bonchev–Trinajstić information content (AvgIpc) is 2.98. The first-order valence-corrected chi connectivity index (χ1v) is 11.9. The van der Waals surface area contributed by atoms with Crippen molar-refractivity contribution >= 4 is 29.0 Å². The van der Waals surface area contributed by atoms with E-state index in [0.717, 1.165) is 35.3 Å². The Hall–Kier alpha value is -2.56. The smallest absolute Gasteiger partial charge is 0.399 e. The van der Waals surface area contributed by atoms with Crippen molar-refractivity contribution in [3.05, 3.63) is 84.8 Å². The Morgan fingerprint density at radius 3 is 2.30 bits per heavy atom. The third-order valence-corrected chi connectivity index (χ3v) is 6.51. The molecule has 3 rings (SSSR count). The highest BCUT2D eigenvalue weighted by atomic mass is 16.7. The number of hydrogen-bond donors (Lipinski definition) is 0. The van der Waals surface area contributed by atoms with Gasteiger partial charge in [0.05, 0.1) is 11.2 Å². The molecule has 1 saturated heterocycles. The topological polar surface area (TPSA) is 21.7 Å².